The van der Waals surface area contributed by atoms with Crippen LogP contribution in [-0.2, 0) is 0 Å². The Morgan fingerprint density at radius 1 is 0.810 bits per heavy atom. The summed E-state index contributed by atoms with van der Waals surface area (Å²) in [6.45, 7) is 5.14. The quantitative estimate of drug-likeness (QED) is 0.750. The summed E-state index contributed by atoms with van der Waals surface area (Å²) in [5.74, 6) is -1.64. The topological polar surface area (TPSA) is 37.4 Å². The van der Waals surface area contributed by atoms with E-state index in [4.69, 9.17) is 0 Å². The van der Waals surface area contributed by atoms with Crippen LogP contribution in [0.3, 0.4) is 0 Å². The maximum absolute atomic E-state index is 14.5. The second-order valence-electron chi connectivity index (χ2n) is 5.22. The molecular weight excluding hydrogens is 269 g/mol. The average Bonchev–Trinajstić information content (AvgIpc) is 2.75. The molecule has 0 spiro atoms. The summed E-state index contributed by atoms with van der Waals surface area (Å²) >= 11 is 0. The van der Waals surface area contributed by atoms with Crippen molar-refractivity contribution < 1.29 is 14.0 Å². The minimum absolute atomic E-state index is 0.107. The van der Waals surface area contributed by atoms with Gasteiger partial charge in [0.25, 0.3) is 11.8 Å². The zero-order valence-corrected chi connectivity index (χ0v) is 12.0. The number of hydrogen-bond acceptors (Lipinski definition) is 2. The van der Waals surface area contributed by atoms with Gasteiger partial charge in [0.05, 0.1) is 16.8 Å². The van der Waals surface area contributed by atoms with Crippen molar-refractivity contribution in [3.05, 3.63) is 64.0 Å². The summed E-state index contributed by atoms with van der Waals surface area (Å²) < 4.78 is 14.5. The van der Waals surface area contributed by atoms with Gasteiger partial charge in [0.1, 0.15) is 5.82 Å². The van der Waals surface area contributed by atoms with Crippen LogP contribution in [0, 0.1) is 26.6 Å². The maximum atomic E-state index is 14.5. The summed E-state index contributed by atoms with van der Waals surface area (Å²) in [7, 11) is 0. The second-order valence-corrected chi connectivity index (χ2v) is 5.22. The van der Waals surface area contributed by atoms with E-state index in [1.165, 1.54) is 0 Å². The highest BCUT2D eigenvalue weighted by molar-refractivity contribution is 6.35. The van der Waals surface area contributed by atoms with Crippen molar-refractivity contribution in [3.8, 4) is 0 Å². The predicted molar refractivity (Wildman–Crippen MR) is 78.2 cm³/mol. The highest BCUT2D eigenvalue weighted by atomic mass is 19.1. The summed E-state index contributed by atoms with van der Waals surface area (Å²) in [4.78, 5) is 26.1. The van der Waals surface area contributed by atoms with E-state index in [0.29, 0.717) is 22.4 Å². The molecule has 0 fully saturated rings. The van der Waals surface area contributed by atoms with Gasteiger partial charge in [-0.15, -0.1) is 0 Å². The molecule has 2 amide bonds. The van der Waals surface area contributed by atoms with Crippen LogP contribution in [0.25, 0.3) is 0 Å². The molecule has 1 heterocycles. The molecule has 0 bridgehead atoms. The fourth-order valence-corrected chi connectivity index (χ4v) is 2.71. The number of carbonyl (C=O) groups is 2. The number of anilines is 1. The monoisotopic (exact) mass is 283 g/mol. The van der Waals surface area contributed by atoms with Gasteiger partial charge in [-0.2, -0.15) is 0 Å². The molecule has 1 aliphatic rings. The number of fused-ring (bicyclic) bond motifs is 1. The molecule has 1 aliphatic heterocycles. The molecule has 106 valence electrons. The number of hydrogen-bond donors (Lipinski definition) is 0. The van der Waals surface area contributed by atoms with E-state index < -0.39 is 17.6 Å². The lowest BCUT2D eigenvalue weighted by Crippen LogP contribution is -2.29. The van der Waals surface area contributed by atoms with E-state index >= 15 is 0 Å². The first-order valence-corrected chi connectivity index (χ1v) is 6.68. The molecule has 0 atom stereocenters. The minimum Gasteiger partial charge on any atom is -0.268 e. The Morgan fingerprint density at radius 2 is 1.38 bits per heavy atom. The molecule has 4 heteroatoms. The van der Waals surface area contributed by atoms with Gasteiger partial charge in [0.2, 0.25) is 0 Å². The molecule has 0 N–H and O–H groups in total. The van der Waals surface area contributed by atoms with Crippen molar-refractivity contribution in [2.75, 3.05) is 4.90 Å². The number of carbonyl (C=O) groups excluding carboxylic acids is 2. The zero-order chi connectivity index (χ0) is 15.3. The third-order valence-corrected chi connectivity index (χ3v) is 4.15. The SMILES string of the molecule is Cc1c(C)c(F)c2c(c1C)C(=O)N(c1ccccc1)C2=O. The van der Waals surface area contributed by atoms with Crippen molar-refractivity contribution in [2.24, 2.45) is 0 Å². The molecule has 3 nitrogen and oxygen atoms in total. The molecule has 0 unspecified atom stereocenters. The van der Waals surface area contributed by atoms with E-state index in [2.05, 4.69) is 0 Å². The first kappa shape index (κ1) is 13.5. The van der Waals surface area contributed by atoms with Gasteiger partial charge in [0.15, 0.2) is 0 Å². The van der Waals surface area contributed by atoms with Crippen LogP contribution in [-0.4, -0.2) is 11.8 Å². The molecule has 2 aromatic rings. The van der Waals surface area contributed by atoms with Crippen LogP contribution in [0.15, 0.2) is 30.3 Å². The van der Waals surface area contributed by atoms with E-state index in [0.717, 1.165) is 4.90 Å². The summed E-state index contributed by atoms with van der Waals surface area (Å²) in [5.41, 5.74) is 2.33. The van der Waals surface area contributed by atoms with Gasteiger partial charge in [0, 0.05) is 0 Å². The van der Waals surface area contributed by atoms with Crippen molar-refractivity contribution in [3.63, 3.8) is 0 Å². The number of benzene rings is 2. The summed E-state index contributed by atoms with van der Waals surface area (Å²) in [6, 6.07) is 8.59. The number of nitrogens with zero attached hydrogens (tertiary/aromatic N) is 1. The predicted octanol–water partition coefficient (Wildman–Crippen LogP) is 3.55. The van der Waals surface area contributed by atoms with E-state index in [9.17, 15) is 14.0 Å². The second kappa shape index (κ2) is 4.52. The largest absolute Gasteiger partial charge is 0.269 e. The first-order valence-electron chi connectivity index (χ1n) is 6.68. The van der Waals surface area contributed by atoms with Crippen molar-refractivity contribution in [1.29, 1.82) is 0 Å². The van der Waals surface area contributed by atoms with Gasteiger partial charge in [-0.1, -0.05) is 18.2 Å². The van der Waals surface area contributed by atoms with Crippen molar-refractivity contribution in [2.45, 2.75) is 20.8 Å². The zero-order valence-electron chi connectivity index (χ0n) is 12.0. The fourth-order valence-electron chi connectivity index (χ4n) is 2.71. The van der Waals surface area contributed by atoms with Crippen LogP contribution in [0.5, 0.6) is 0 Å². The Kier molecular flexibility index (Phi) is 2.90. The lowest BCUT2D eigenvalue weighted by molar-refractivity contribution is 0.0925. The number of para-hydroxylation sites is 1. The molecule has 0 radical (unpaired) electrons. The third kappa shape index (κ3) is 1.72. The Morgan fingerprint density at radius 3 is 2.00 bits per heavy atom. The van der Waals surface area contributed by atoms with Crippen LogP contribution in [0.1, 0.15) is 37.4 Å². The molecule has 2 aromatic carbocycles. The van der Waals surface area contributed by atoms with E-state index in [1.807, 2.05) is 0 Å². The van der Waals surface area contributed by atoms with Gasteiger partial charge < -0.3 is 0 Å². The number of imide groups is 1. The normalized spacial score (nSPS) is 13.8. The van der Waals surface area contributed by atoms with Gasteiger partial charge in [-0.3, -0.25) is 9.59 Å². The standard InChI is InChI=1S/C17H14FNO2/c1-9-10(2)13-14(15(18)11(9)3)17(21)19(16(13)20)12-7-5-4-6-8-12/h4-8H,1-3H3. The van der Waals surface area contributed by atoms with Gasteiger partial charge in [-0.05, 0) is 49.6 Å². The van der Waals surface area contributed by atoms with Crippen molar-refractivity contribution in [1.82, 2.24) is 0 Å². The van der Waals surface area contributed by atoms with Crippen LogP contribution in [0.2, 0.25) is 0 Å². The molecule has 3 rings (SSSR count). The van der Waals surface area contributed by atoms with Crippen LogP contribution >= 0.6 is 0 Å². The summed E-state index contributed by atoms with van der Waals surface area (Å²) in [5, 5.41) is 0. The van der Waals surface area contributed by atoms with Crippen molar-refractivity contribution >= 4 is 17.5 Å². The average molecular weight is 283 g/mol. The maximum Gasteiger partial charge on any atom is 0.269 e. The van der Waals surface area contributed by atoms with E-state index in [1.54, 1.807) is 51.1 Å². The Bertz CT molecular complexity index is 734. The molecule has 0 saturated heterocycles. The smallest absolute Gasteiger partial charge is 0.268 e. The Balaban J connectivity index is 2.27. The Hall–Kier alpha value is -2.49. The lowest BCUT2D eigenvalue weighted by atomic mass is 9.94. The lowest BCUT2D eigenvalue weighted by Gasteiger charge is -2.13. The molecular formula is C17H14FNO2. The van der Waals surface area contributed by atoms with Crippen LogP contribution in [0.4, 0.5) is 10.1 Å². The third-order valence-electron chi connectivity index (χ3n) is 4.15. The first-order chi connectivity index (χ1) is 9.95. The fraction of sp³-hybridized carbons (Fsp3) is 0.176. The minimum atomic E-state index is -0.593. The highest BCUT2D eigenvalue weighted by Gasteiger charge is 2.41. The van der Waals surface area contributed by atoms with Crippen LogP contribution < -0.4 is 4.90 Å². The Labute approximate surface area is 122 Å². The number of halogens is 1. The molecule has 0 aromatic heterocycles. The molecule has 21 heavy (non-hydrogen) atoms. The number of amides is 2. The number of rotatable bonds is 1. The van der Waals surface area contributed by atoms with Gasteiger partial charge >= 0.3 is 0 Å². The molecule has 0 saturated carbocycles. The highest BCUT2D eigenvalue weighted by Crippen LogP contribution is 2.35. The van der Waals surface area contributed by atoms with E-state index in [-0.39, 0.29) is 11.1 Å². The summed E-state index contributed by atoms with van der Waals surface area (Å²) in [6.07, 6.45) is 0. The van der Waals surface area contributed by atoms with Gasteiger partial charge in [-0.25, -0.2) is 9.29 Å². The molecule has 0 aliphatic carbocycles.